The lowest BCUT2D eigenvalue weighted by atomic mass is 10.1. The lowest BCUT2D eigenvalue weighted by Gasteiger charge is -2.12. The molecule has 23 heavy (non-hydrogen) atoms. The number of halogens is 2. The molecule has 6 nitrogen and oxygen atoms in total. The number of carbonyl (C=O) groups is 1. The maximum absolute atomic E-state index is 13.4. The zero-order valence-corrected chi connectivity index (χ0v) is 11.6. The quantitative estimate of drug-likeness (QED) is 0.773. The summed E-state index contributed by atoms with van der Waals surface area (Å²) >= 11 is 0. The molecule has 0 fully saturated rings. The van der Waals surface area contributed by atoms with Gasteiger partial charge in [0, 0.05) is 18.3 Å². The van der Waals surface area contributed by atoms with Crippen LogP contribution in [0.25, 0.3) is 5.82 Å². The summed E-state index contributed by atoms with van der Waals surface area (Å²) < 4.78 is 28.1. The van der Waals surface area contributed by atoms with E-state index in [4.69, 9.17) is 5.11 Å². The van der Waals surface area contributed by atoms with Crippen molar-refractivity contribution in [3.05, 3.63) is 66.0 Å². The van der Waals surface area contributed by atoms with Crippen LogP contribution in [0.4, 0.5) is 20.3 Å². The molecule has 8 heteroatoms. The Morgan fingerprint density at radius 1 is 1.13 bits per heavy atom. The lowest BCUT2D eigenvalue weighted by Crippen LogP contribution is -2.08. The van der Waals surface area contributed by atoms with Crippen molar-refractivity contribution in [2.24, 2.45) is 0 Å². The second-order valence-electron chi connectivity index (χ2n) is 4.56. The smallest absolute Gasteiger partial charge is 0.337 e. The SMILES string of the molecule is O=C(O)c1cc(F)c(F)cc1Nc1ccnn1-c1ccccn1. The van der Waals surface area contributed by atoms with Crippen molar-refractivity contribution in [2.75, 3.05) is 5.32 Å². The van der Waals surface area contributed by atoms with E-state index in [2.05, 4.69) is 15.4 Å². The molecule has 3 rings (SSSR count). The van der Waals surface area contributed by atoms with Crippen molar-refractivity contribution in [1.82, 2.24) is 14.8 Å². The maximum Gasteiger partial charge on any atom is 0.337 e. The minimum atomic E-state index is -1.38. The number of nitrogens with zero attached hydrogens (tertiary/aromatic N) is 3. The van der Waals surface area contributed by atoms with Crippen molar-refractivity contribution >= 4 is 17.5 Å². The van der Waals surface area contributed by atoms with Gasteiger partial charge in [0.15, 0.2) is 17.5 Å². The fraction of sp³-hybridized carbons (Fsp3) is 0. The molecule has 0 atom stereocenters. The molecule has 116 valence electrons. The van der Waals surface area contributed by atoms with Gasteiger partial charge in [-0.15, -0.1) is 0 Å². The third-order valence-corrected chi connectivity index (χ3v) is 3.06. The van der Waals surface area contributed by atoms with Gasteiger partial charge in [0.2, 0.25) is 0 Å². The monoisotopic (exact) mass is 316 g/mol. The van der Waals surface area contributed by atoms with E-state index >= 15 is 0 Å². The number of benzene rings is 1. The maximum atomic E-state index is 13.4. The van der Waals surface area contributed by atoms with Gasteiger partial charge in [0.05, 0.1) is 17.4 Å². The lowest BCUT2D eigenvalue weighted by molar-refractivity contribution is 0.0697. The van der Waals surface area contributed by atoms with Gasteiger partial charge in [-0.3, -0.25) is 0 Å². The number of carboxylic acids is 1. The molecule has 2 heterocycles. The van der Waals surface area contributed by atoms with Crippen LogP contribution in [0.1, 0.15) is 10.4 Å². The van der Waals surface area contributed by atoms with Crippen LogP contribution in [-0.2, 0) is 0 Å². The van der Waals surface area contributed by atoms with Crippen molar-refractivity contribution in [1.29, 1.82) is 0 Å². The Morgan fingerprint density at radius 3 is 2.61 bits per heavy atom. The number of pyridine rings is 1. The number of hydrogen-bond acceptors (Lipinski definition) is 4. The van der Waals surface area contributed by atoms with Gasteiger partial charge < -0.3 is 10.4 Å². The highest BCUT2D eigenvalue weighted by atomic mass is 19.2. The van der Waals surface area contributed by atoms with Crippen molar-refractivity contribution < 1.29 is 18.7 Å². The molecule has 0 unspecified atom stereocenters. The Bertz CT molecular complexity index is 865. The Labute approximate surface area is 129 Å². The number of rotatable bonds is 4. The molecule has 0 saturated heterocycles. The summed E-state index contributed by atoms with van der Waals surface area (Å²) in [6.07, 6.45) is 3.04. The van der Waals surface area contributed by atoms with Gasteiger partial charge in [-0.05, 0) is 18.2 Å². The van der Waals surface area contributed by atoms with Crippen LogP contribution < -0.4 is 5.32 Å². The number of anilines is 2. The Kier molecular flexibility index (Phi) is 3.71. The molecule has 0 aliphatic heterocycles. The number of carboxylic acid groups (broad SMARTS) is 1. The number of aromatic nitrogens is 3. The number of nitrogens with one attached hydrogen (secondary N) is 1. The first-order valence-corrected chi connectivity index (χ1v) is 6.51. The highest BCUT2D eigenvalue weighted by molar-refractivity contribution is 5.95. The van der Waals surface area contributed by atoms with Crippen LogP contribution in [0.2, 0.25) is 0 Å². The molecule has 0 aliphatic rings. The third kappa shape index (κ3) is 2.86. The standard InChI is InChI=1S/C15H10F2N4O2/c16-10-7-9(15(22)23)12(8-11(10)17)20-14-4-6-19-21(14)13-3-1-2-5-18-13/h1-8,20H,(H,22,23). The second-order valence-corrected chi connectivity index (χ2v) is 4.56. The molecule has 0 bridgehead atoms. The normalized spacial score (nSPS) is 10.5. The zero-order valence-electron chi connectivity index (χ0n) is 11.6. The van der Waals surface area contributed by atoms with E-state index in [1.807, 2.05) is 0 Å². The van der Waals surface area contributed by atoms with Gasteiger partial charge in [-0.25, -0.2) is 18.6 Å². The van der Waals surface area contributed by atoms with Crippen LogP contribution in [0.5, 0.6) is 0 Å². The van der Waals surface area contributed by atoms with Crippen molar-refractivity contribution in [3.63, 3.8) is 0 Å². The minimum absolute atomic E-state index is 0.0888. The Morgan fingerprint density at radius 2 is 1.91 bits per heavy atom. The molecule has 0 aliphatic carbocycles. The van der Waals surface area contributed by atoms with E-state index in [0.29, 0.717) is 17.7 Å². The predicted molar refractivity (Wildman–Crippen MR) is 78.0 cm³/mol. The molecule has 0 radical (unpaired) electrons. The minimum Gasteiger partial charge on any atom is -0.478 e. The summed E-state index contributed by atoms with van der Waals surface area (Å²) in [6.45, 7) is 0. The van der Waals surface area contributed by atoms with Gasteiger partial charge >= 0.3 is 5.97 Å². The van der Waals surface area contributed by atoms with Crippen LogP contribution in [-0.4, -0.2) is 25.8 Å². The summed E-state index contributed by atoms with van der Waals surface area (Å²) in [6, 6.07) is 8.16. The molecule has 3 aromatic rings. The van der Waals surface area contributed by atoms with E-state index in [-0.39, 0.29) is 5.69 Å². The van der Waals surface area contributed by atoms with E-state index in [1.54, 1.807) is 30.5 Å². The molecule has 1 aromatic carbocycles. The van der Waals surface area contributed by atoms with Crippen molar-refractivity contribution in [2.45, 2.75) is 0 Å². The van der Waals surface area contributed by atoms with Crippen LogP contribution in [0, 0.1) is 11.6 Å². The topological polar surface area (TPSA) is 80.0 Å². The first-order chi connectivity index (χ1) is 11.1. The van der Waals surface area contributed by atoms with Crippen LogP contribution >= 0.6 is 0 Å². The average Bonchev–Trinajstić information content (AvgIpc) is 2.99. The largest absolute Gasteiger partial charge is 0.478 e. The molecule has 0 spiro atoms. The highest BCUT2D eigenvalue weighted by Gasteiger charge is 2.17. The number of hydrogen-bond donors (Lipinski definition) is 2. The van der Waals surface area contributed by atoms with Gasteiger partial charge in [0.1, 0.15) is 5.82 Å². The average molecular weight is 316 g/mol. The summed E-state index contributed by atoms with van der Waals surface area (Å²) in [4.78, 5) is 15.3. The third-order valence-electron chi connectivity index (χ3n) is 3.06. The Hall–Kier alpha value is -3.29. The first kappa shape index (κ1) is 14.6. The molecular weight excluding hydrogens is 306 g/mol. The summed E-state index contributed by atoms with van der Waals surface area (Å²) in [5, 5.41) is 15.9. The second kappa shape index (κ2) is 5.84. The van der Waals surface area contributed by atoms with Crippen LogP contribution in [0.3, 0.4) is 0 Å². The number of aromatic carboxylic acids is 1. The van der Waals surface area contributed by atoms with Crippen molar-refractivity contribution in [3.8, 4) is 5.82 Å². The summed E-state index contributed by atoms with van der Waals surface area (Å²) in [7, 11) is 0. The molecule has 0 amide bonds. The van der Waals surface area contributed by atoms with E-state index in [1.165, 1.54) is 10.9 Å². The van der Waals surface area contributed by atoms with Gasteiger partial charge in [-0.1, -0.05) is 6.07 Å². The van der Waals surface area contributed by atoms with Gasteiger partial charge in [-0.2, -0.15) is 9.78 Å². The van der Waals surface area contributed by atoms with E-state index in [0.717, 1.165) is 6.07 Å². The summed E-state index contributed by atoms with van der Waals surface area (Å²) in [5.41, 5.74) is -0.480. The zero-order chi connectivity index (χ0) is 16.4. The molecule has 2 N–H and O–H groups in total. The van der Waals surface area contributed by atoms with Crippen LogP contribution in [0.15, 0.2) is 48.8 Å². The molecular formula is C15H10F2N4O2. The predicted octanol–water partition coefficient (Wildman–Crippen LogP) is 2.99. The summed E-state index contributed by atoms with van der Waals surface area (Å²) in [5.74, 6) is -2.92. The Balaban J connectivity index is 2.03. The fourth-order valence-corrected chi connectivity index (χ4v) is 2.02. The molecule has 0 saturated carbocycles. The highest BCUT2D eigenvalue weighted by Crippen LogP contribution is 2.25. The van der Waals surface area contributed by atoms with E-state index in [9.17, 15) is 13.6 Å². The van der Waals surface area contributed by atoms with E-state index < -0.39 is 23.2 Å². The van der Waals surface area contributed by atoms with Gasteiger partial charge in [0.25, 0.3) is 0 Å². The first-order valence-electron chi connectivity index (χ1n) is 6.51. The fourth-order valence-electron chi connectivity index (χ4n) is 2.02. The molecule has 2 aromatic heterocycles.